The largest absolute Gasteiger partial charge is 0.378 e. The molecule has 4 rings (SSSR count). The van der Waals surface area contributed by atoms with Gasteiger partial charge in [0, 0.05) is 43.9 Å². The fourth-order valence-corrected chi connectivity index (χ4v) is 4.06. The third-order valence-electron chi connectivity index (χ3n) is 5.65. The Morgan fingerprint density at radius 1 is 1.00 bits per heavy atom. The molecule has 0 saturated carbocycles. The van der Waals surface area contributed by atoms with Crippen LogP contribution < -0.4 is 4.90 Å². The molecule has 1 heterocycles. The molecular formula is C22H24N2O. The molecule has 0 atom stereocenters. The molecule has 25 heavy (non-hydrogen) atoms. The van der Waals surface area contributed by atoms with Crippen LogP contribution in [0, 0.1) is 0 Å². The second-order valence-corrected chi connectivity index (χ2v) is 7.31. The van der Waals surface area contributed by atoms with Crippen LogP contribution in [0.15, 0.2) is 54.6 Å². The second-order valence-electron chi connectivity index (χ2n) is 7.31. The van der Waals surface area contributed by atoms with Crippen LogP contribution in [-0.2, 0) is 5.41 Å². The number of anilines is 1. The lowest BCUT2D eigenvalue weighted by atomic mass is 9.74. The van der Waals surface area contributed by atoms with E-state index in [4.69, 9.17) is 0 Å². The molecule has 0 N–H and O–H groups in total. The third kappa shape index (κ3) is 2.74. The molecule has 0 bridgehead atoms. The van der Waals surface area contributed by atoms with Crippen molar-refractivity contribution in [3.63, 3.8) is 0 Å². The van der Waals surface area contributed by atoms with Crippen molar-refractivity contribution in [1.29, 1.82) is 0 Å². The summed E-state index contributed by atoms with van der Waals surface area (Å²) < 4.78 is 0. The van der Waals surface area contributed by atoms with Crippen molar-refractivity contribution in [2.75, 3.05) is 32.1 Å². The van der Waals surface area contributed by atoms with Gasteiger partial charge < -0.3 is 9.80 Å². The van der Waals surface area contributed by atoms with Crippen molar-refractivity contribution in [2.24, 2.45) is 0 Å². The Morgan fingerprint density at radius 3 is 2.36 bits per heavy atom. The molecule has 2 aliphatic rings. The second kappa shape index (κ2) is 6.07. The molecule has 2 aromatic rings. The number of amides is 1. The van der Waals surface area contributed by atoms with Crippen molar-refractivity contribution in [3.05, 3.63) is 71.3 Å². The highest BCUT2D eigenvalue weighted by molar-refractivity contribution is 5.94. The van der Waals surface area contributed by atoms with E-state index in [9.17, 15) is 4.79 Å². The van der Waals surface area contributed by atoms with Crippen LogP contribution in [0.4, 0.5) is 5.69 Å². The van der Waals surface area contributed by atoms with Crippen molar-refractivity contribution in [1.82, 2.24) is 4.90 Å². The lowest BCUT2D eigenvalue weighted by Gasteiger charge is -2.39. The van der Waals surface area contributed by atoms with E-state index in [1.165, 1.54) is 11.1 Å². The summed E-state index contributed by atoms with van der Waals surface area (Å²) in [5.41, 5.74) is 4.78. The maximum atomic E-state index is 12.8. The third-order valence-corrected chi connectivity index (χ3v) is 5.65. The maximum absolute atomic E-state index is 12.8. The van der Waals surface area contributed by atoms with Gasteiger partial charge in [0.25, 0.3) is 5.91 Å². The van der Waals surface area contributed by atoms with Gasteiger partial charge in [0.15, 0.2) is 0 Å². The Balaban J connectivity index is 1.47. The number of allylic oxidation sites excluding steroid dienone is 1. The zero-order chi connectivity index (χ0) is 17.4. The molecule has 1 aliphatic carbocycles. The van der Waals surface area contributed by atoms with E-state index in [-0.39, 0.29) is 11.3 Å². The summed E-state index contributed by atoms with van der Waals surface area (Å²) in [7, 11) is 4.02. The minimum Gasteiger partial charge on any atom is -0.378 e. The molecule has 1 aliphatic heterocycles. The lowest BCUT2D eigenvalue weighted by molar-refractivity contribution is 0.0690. The molecule has 3 heteroatoms. The van der Waals surface area contributed by atoms with E-state index in [1.54, 1.807) is 0 Å². The molecule has 2 aromatic carbocycles. The Bertz CT molecular complexity index is 812. The number of carbonyl (C=O) groups is 1. The standard InChI is InChI=1S/C22H24N2O/c1-23(2)19-9-7-18(8-10-19)21(25)24-15-13-22(14-16-24)12-11-17-5-3-4-6-20(17)22/h3-12H,13-16H2,1-2H3. The number of hydrogen-bond acceptors (Lipinski definition) is 2. The first kappa shape index (κ1) is 15.9. The predicted molar refractivity (Wildman–Crippen MR) is 103 cm³/mol. The molecule has 0 unspecified atom stereocenters. The number of fused-ring (bicyclic) bond motifs is 2. The number of piperidine rings is 1. The van der Waals surface area contributed by atoms with E-state index < -0.39 is 0 Å². The number of nitrogens with zero attached hydrogens (tertiary/aromatic N) is 2. The van der Waals surface area contributed by atoms with Crippen LogP contribution in [-0.4, -0.2) is 38.0 Å². The Kier molecular flexibility index (Phi) is 3.87. The van der Waals surface area contributed by atoms with Crippen LogP contribution in [0.3, 0.4) is 0 Å². The van der Waals surface area contributed by atoms with Crippen LogP contribution in [0.1, 0.15) is 34.3 Å². The smallest absolute Gasteiger partial charge is 0.253 e. The monoisotopic (exact) mass is 332 g/mol. The number of hydrogen-bond donors (Lipinski definition) is 0. The first-order chi connectivity index (χ1) is 12.1. The van der Waals surface area contributed by atoms with Crippen molar-refractivity contribution >= 4 is 17.7 Å². The lowest BCUT2D eigenvalue weighted by Crippen LogP contribution is -2.44. The van der Waals surface area contributed by atoms with Gasteiger partial charge in [0.2, 0.25) is 0 Å². The first-order valence-electron chi connectivity index (χ1n) is 8.94. The molecule has 0 aromatic heterocycles. The highest BCUT2D eigenvalue weighted by atomic mass is 16.2. The molecule has 3 nitrogen and oxygen atoms in total. The minimum absolute atomic E-state index is 0.127. The van der Waals surface area contributed by atoms with Gasteiger partial charge in [-0.2, -0.15) is 0 Å². The van der Waals surface area contributed by atoms with Crippen molar-refractivity contribution in [2.45, 2.75) is 18.3 Å². The van der Waals surface area contributed by atoms with Gasteiger partial charge in [-0.05, 0) is 48.2 Å². The molecule has 128 valence electrons. The molecular weight excluding hydrogens is 308 g/mol. The van der Waals surface area contributed by atoms with Gasteiger partial charge in [-0.15, -0.1) is 0 Å². The molecule has 1 spiro atoms. The van der Waals surface area contributed by atoms with Gasteiger partial charge in [0.05, 0.1) is 0 Å². The number of likely N-dealkylation sites (tertiary alicyclic amines) is 1. The number of benzene rings is 2. The van der Waals surface area contributed by atoms with E-state index in [1.807, 2.05) is 48.2 Å². The quantitative estimate of drug-likeness (QED) is 0.831. The number of carbonyl (C=O) groups excluding carboxylic acids is 1. The number of rotatable bonds is 2. The SMILES string of the molecule is CN(C)c1ccc(C(=O)N2CCC3(C=Cc4ccccc43)CC2)cc1. The van der Waals surface area contributed by atoms with Crippen LogP contribution in [0.25, 0.3) is 6.08 Å². The summed E-state index contributed by atoms with van der Waals surface area (Å²) in [5.74, 6) is 0.149. The summed E-state index contributed by atoms with van der Waals surface area (Å²) in [6.07, 6.45) is 6.60. The minimum atomic E-state index is 0.127. The highest BCUT2D eigenvalue weighted by Gasteiger charge is 2.38. The van der Waals surface area contributed by atoms with Crippen molar-refractivity contribution in [3.8, 4) is 0 Å². The summed E-state index contributed by atoms with van der Waals surface area (Å²) in [4.78, 5) is 16.9. The van der Waals surface area contributed by atoms with E-state index in [0.29, 0.717) is 0 Å². The Hall–Kier alpha value is -2.55. The maximum Gasteiger partial charge on any atom is 0.253 e. The van der Waals surface area contributed by atoms with Gasteiger partial charge in [-0.3, -0.25) is 4.79 Å². The normalized spacial score (nSPS) is 17.6. The molecule has 1 amide bonds. The van der Waals surface area contributed by atoms with Gasteiger partial charge in [-0.25, -0.2) is 0 Å². The van der Waals surface area contributed by atoms with Crippen LogP contribution >= 0.6 is 0 Å². The summed E-state index contributed by atoms with van der Waals surface area (Å²) in [6, 6.07) is 16.5. The summed E-state index contributed by atoms with van der Waals surface area (Å²) >= 11 is 0. The van der Waals surface area contributed by atoms with Gasteiger partial charge in [0.1, 0.15) is 0 Å². The van der Waals surface area contributed by atoms with E-state index in [2.05, 4.69) is 36.4 Å². The summed E-state index contributed by atoms with van der Waals surface area (Å²) in [6.45, 7) is 1.62. The summed E-state index contributed by atoms with van der Waals surface area (Å²) in [5, 5.41) is 0. The average Bonchev–Trinajstić information content (AvgIpc) is 3.01. The van der Waals surface area contributed by atoms with Crippen molar-refractivity contribution < 1.29 is 4.79 Å². The average molecular weight is 332 g/mol. The zero-order valence-electron chi connectivity index (χ0n) is 14.9. The molecule has 1 saturated heterocycles. The van der Waals surface area contributed by atoms with Crippen LogP contribution in [0.5, 0.6) is 0 Å². The van der Waals surface area contributed by atoms with Gasteiger partial charge in [-0.1, -0.05) is 36.4 Å². The Labute approximate surface area is 149 Å². The molecule has 1 fully saturated rings. The fraction of sp³-hybridized carbons (Fsp3) is 0.318. The van der Waals surface area contributed by atoms with E-state index in [0.717, 1.165) is 37.2 Å². The topological polar surface area (TPSA) is 23.6 Å². The van der Waals surface area contributed by atoms with E-state index >= 15 is 0 Å². The fourth-order valence-electron chi connectivity index (χ4n) is 4.06. The van der Waals surface area contributed by atoms with Crippen LogP contribution in [0.2, 0.25) is 0 Å². The predicted octanol–water partition coefficient (Wildman–Crippen LogP) is 3.95. The Morgan fingerprint density at radius 2 is 1.68 bits per heavy atom. The molecule has 0 radical (unpaired) electrons. The van der Waals surface area contributed by atoms with Gasteiger partial charge >= 0.3 is 0 Å². The zero-order valence-corrected chi connectivity index (χ0v) is 14.9. The highest BCUT2D eigenvalue weighted by Crippen LogP contribution is 2.43. The first-order valence-corrected chi connectivity index (χ1v) is 8.94.